The predicted molar refractivity (Wildman–Crippen MR) is 74.9 cm³/mol. The topological polar surface area (TPSA) is 38.3 Å². The molecule has 0 atom stereocenters. The van der Waals surface area contributed by atoms with Crippen LogP contribution in [0, 0.1) is 0 Å². The Morgan fingerprint density at radius 3 is 2.88 bits per heavy atom. The Balaban J connectivity index is 2.44. The minimum absolute atomic E-state index is 0.0945. The highest BCUT2D eigenvalue weighted by molar-refractivity contribution is 9.11. The first-order valence-corrected chi connectivity index (χ1v) is 6.69. The summed E-state index contributed by atoms with van der Waals surface area (Å²) >= 11 is 6.69. The molecule has 1 aromatic rings. The van der Waals surface area contributed by atoms with Crippen LogP contribution in [-0.4, -0.2) is 19.1 Å². The Morgan fingerprint density at radius 1 is 1.47 bits per heavy atom. The monoisotopic (exact) mass is 361 g/mol. The number of carbonyl (C=O) groups excluding carboxylic acids is 1. The molecule has 0 aromatic heterocycles. The zero-order chi connectivity index (χ0) is 12.7. The molecule has 0 aliphatic carbocycles. The van der Waals surface area contributed by atoms with Gasteiger partial charge in [0.2, 0.25) is 0 Å². The molecule has 92 valence electrons. The molecule has 0 aliphatic heterocycles. The maximum absolute atomic E-state index is 11.8. The van der Waals surface area contributed by atoms with Gasteiger partial charge in [-0.1, -0.05) is 22.5 Å². The second-order valence-electron chi connectivity index (χ2n) is 3.27. The Labute approximate surface area is 117 Å². The molecule has 0 saturated heterocycles. The fourth-order valence-corrected chi connectivity index (χ4v) is 2.44. The molecular weight excluding hydrogens is 350 g/mol. The van der Waals surface area contributed by atoms with Crippen molar-refractivity contribution in [3.63, 3.8) is 0 Å². The number of rotatable bonds is 6. The van der Waals surface area contributed by atoms with E-state index >= 15 is 0 Å². The number of carbonyl (C=O) groups is 1. The number of halogens is 2. The van der Waals surface area contributed by atoms with E-state index in [1.165, 1.54) is 6.26 Å². The van der Waals surface area contributed by atoms with Crippen LogP contribution in [0.5, 0.6) is 0 Å². The SMILES string of the molecule is C=COCCCNC(=O)c1ccc(Br)cc1Br. The Morgan fingerprint density at radius 2 is 2.24 bits per heavy atom. The molecule has 0 unspecified atom stereocenters. The van der Waals surface area contributed by atoms with Gasteiger partial charge in [0.25, 0.3) is 5.91 Å². The first-order chi connectivity index (χ1) is 8.15. The summed E-state index contributed by atoms with van der Waals surface area (Å²) < 4.78 is 6.66. The van der Waals surface area contributed by atoms with Gasteiger partial charge in [0, 0.05) is 15.5 Å². The molecular formula is C12H13Br2NO2. The van der Waals surface area contributed by atoms with Crippen LogP contribution in [0.4, 0.5) is 0 Å². The van der Waals surface area contributed by atoms with Gasteiger partial charge in [-0.25, -0.2) is 0 Å². The fraction of sp³-hybridized carbons (Fsp3) is 0.250. The van der Waals surface area contributed by atoms with E-state index in [1.54, 1.807) is 6.07 Å². The first kappa shape index (κ1) is 14.3. The van der Waals surface area contributed by atoms with Crippen molar-refractivity contribution in [3.8, 4) is 0 Å². The highest BCUT2D eigenvalue weighted by Crippen LogP contribution is 2.21. The summed E-state index contributed by atoms with van der Waals surface area (Å²) in [5.74, 6) is -0.0945. The van der Waals surface area contributed by atoms with Crippen LogP contribution in [0.15, 0.2) is 40.0 Å². The molecule has 1 rings (SSSR count). The van der Waals surface area contributed by atoms with Crippen molar-refractivity contribution in [2.24, 2.45) is 0 Å². The van der Waals surface area contributed by atoms with E-state index < -0.39 is 0 Å². The van der Waals surface area contributed by atoms with Gasteiger partial charge >= 0.3 is 0 Å². The van der Waals surface area contributed by atoms with Gasteiger partial charge in [0.15, 0.2) is 0 Å². The highest BCUT2D eigenvalue weighted by Gasteiger charge is 2.09. The summed E-state index contributed by atoms with van der Waals surface area (Å²) in [5.41, 5.74) is 0.623. The lowest BCUT2D eigenvalue weighted by Crippen LogP contribution is -2.25. The number of hydrogen-bond acceptors (Lipinski definition) is 2. The van der Waals surface area contributed by atoms with E-state index in [0.717, 1.165) is 15.4 Å². The van der Waals surface area contributed by atoms with Crippen LogP contribution in [0.2, 0.25) is 0 Å². The average Bonchev–Trinajstić information content (AvgIpc) is 2.28. The second kappa shape index (κ2) is 7.50. The molecule has 1 amide bonds. The van der Waals surface area contributed by atoms with E-state index in [4.69, 9.17) is 4.74 Å². The summed E-state index contributed by atoms with van der Waals surface area (Å²) in [4.78, 5) is 11.8. The van der Waals surface area contributed by atoms with Crippen LogP contribution in [-0.2, 0) is 4.74 Å². The largest absolute Gasteiger partial charge is 0.502 e. The lowest BCUT2D eigenvalue weighted by Gasteiger charge is -2.07. The van der Waals surface area contributed by atoms with Gasteiger partial charge in [0.05, 0.1) is 18.4 Å². The maximum atomic E-state index is 11.8. The van der Waals surface area contributed by atoms with Crippen molar-refractivity contribution in [1.82, 2.24) is 5.32 Å². The molecule has 1 aromatic carbocycles. The molecule has 0 saturated carbocycles. The smallest absolute Gasteiger partial charge is 0.252 e. The Kier molecular flexibility index (Phi) is 6.29. The van der Waals surface area contributed by atoms with E-state index in [2.05, 4.69) is 43.8 Å². The Hall–Kier alpha value is -0.810. The number of hydrogen-bond donors (Lipinski definition) is 1. The van der Waals surface area contributed by atoms with E-state index in [1.807, 2.05) is 12.1 Å². The predicted octanol–water partition coefficient (Wildman–Crippen LogP) is 3.49. The van der Waals surface area contributed by atoms with Gasteiger partial charge in [0.1, 0.15) is 0 Å². The van der Waals surface area contributed by atoms with Gasteiger partial charge < -0.3 is 10.1 Å². The van der Waals surface area contributed by atoms with Gasteiger partial charge in [-0.2, -0.15) is 0 Å². The quantitative estimate of drug-likeness (QED) is 0.621. The number of amides is 1. The Bertz CT molecular complexity index is 407. The van der Waals surface area contributed by atoms with Gasteiger partial charge in [-0.05, 0) is 40.5 Å². The van der Waals surface area contributed by atoms with Crippen molar-refractivity contribution >= 4 is 37.8 Å². The van der Waals surface area contributed by atoms with E-state index in [0.29, 0.717) is 18.7 Å². The average molecular weight is 363 g/mol. The van der Waals surface area contributed by atoms with Crippen LogP contribution in [0.25, 0.3) is 0 Å². The number of benzene rings is 1. The molecule has 0 bridgehead atoms. The third kappa shape index (κ3) is 4.91. The van der Waals surface area contributed by atoms with Crippen LogP contribution in [0.1, 0.15) is 16.8 Å². The zero-order valence-corrected chi connectivity index (χ0v) is 12.4. The summed E-state index contributed by atoms with van der Waals surface area (Å²) in [6.07, 6.45) is 2.15. The molecule has 17 heavy (non-hydrogen) atoms. The second-order valence-corrected chi connectivity index (χ2v) is 5.04. The van der Waals surface area contributed by atoms with Gasteiger partial charge in [-0.3, -0.25) is 4.79 Å². The van der Waals surface area contributed by atoms with Crippen molar-refractivity contribution in [3.05, 3.63) is 45.5 Å². The first-order valence-electron chi connectivity index (χ1n) is 5.11. The summed E-state index contributed by atoms with van der Waals surface area (Å²) in [6, 6.07) is 5.44. The molecule has 0 fully saturated rings. The lowest BCUT2D eigenvalue weighted by atomic mass is 10.2. The van der Waals surface area contributed by atoms with Crippen molar-refractivity contribution in [2.45, 2.75) is 6.42 Å². The molecule has 1 N–H and O–H groups in total. The molecule has 0 heterocycles. The maximum Gasteiger partial charge on any atom is 0.252 e. The van der Waals surface area contributed by atoms with Crippen LogP contribution < -0.4 is 5.32 Å². The number of ether oxygens (including phenoxy) is 1. The zero-order valence-electron chi connectivity index (χ0n) is 9.21. The van der Waals surface area contributed by atoms with Crippen LogP contribution >= 0.6 is 31.9 Å². The lowest BCUT2D eigenvalue weighted by molar-refractivity contribution is 0.0949. The third-order valence-corrected chi connectivity index (χ3v) is 3.17. The normalized spacial score (nSPS) is 9.76. The summed E-state index contributed by atoms with van der Waals surface area (Å²) in [6.45, 7) is 4.58. The van der Waals surface area contributed by atoms with Crippen molar-refractivity contribution < 1.29 is 9.53 Å². The standard InChI is InChI=1S/C12H13Br2NO2/c1-2-17-7-3-6-15-12(16)10-5-4-9(13)8-11(10)14/h2,4-5,8H,1,3,6-7H2,(H,15,16). The molecule has 0 aliphatic rings. The summed E-state index contributed by atoms with van der Waals surface area (Å²) in [5, 5.41) is 2.82. The van der Waals surface area contributed by atoms with E-state index in [9.17, 15) is 4.79 Å². The molecule has 3 nitrogen and oxygen atoms in total. The molecule has 0 radical (unpaired) electrons. The fourth-order valence-electron chi connectivity index (χ4n) is 1.21. The molecule has 5 heteroatoms. The van der Waals surface area contributed by atoms with Crippen LogP contribution in [0.3, 0.4) is 0 Å². The van der Waals surface area contributed by atoms with E-state index in [-0.39, 0.29) is 5.91 Å². The van der Waals surface area contributed by atoms with Gasteiger partial charge in [-0.15, -0.1) is 0 Å². The highest BCUT2D eigenvalue weighted by atomic mass is 79.9. The minimum atomic E-state index is -0.0945. The molecule has 0 spiro atoms. The minimum Gasteiger partial charge on any atom is -0.502 e. The number of nitrogens with one attached hydrogen (secondary N) is 1. The third-order valence-electron chi connectivity index (χ3n) is 2.02. The van der Waals surface area contributed by atoms with Crippen molar-refractivity contribution in [2.75, 3.05) is 13.2 Å². The summed E-state index contributed by atoms with van der Waals surface area (Å²) in [7, 11) is 0. The van der Waals surface area contributed by atoms with Crippen molar-refractivity contribution in [1.29, 1.82) is 0 Å².